The number of ether oxygens (including phenoxy) is 1. The van der Waals surface area contributed by atoms with Crippen LogP contribution in [-0.2, 0) is 0 Å². The van der Waals surface area contributed by atoms with Gasteiger partial charge < -0.3 is 15.6 Å². The molecule has 96 valence electrons. The number of hydrogen-bond acceptors (Lipinski definition) is 5. The number of rotatable bonds is 4. The van der Waals surface area contributed by atoms with Crippen molar-refractivity contribution in [3.05, 3.63) is 34.4 Å². The van der Waals surface area contributed by atoms with Crippen LogP contribution in [0.3, 0.4) is 0 Å². The first-order valence-corrected chi connectivity index (χ1v) is 6.21. The van der Waals surface area contributed by atoms with Gasteiger partial charge in [0.2, 0.25) is 0 Å². The van der Waals surface area contributed by atoms with Crippen LogP contribution in [0.5, 0.6) is 5.75 Å². The number of thiazole rings is 1. The van der Waals surface area contributed by atoms with Crippen molar-refractivity contribution in [1.29, 1.82) is 0 Å². The zero-order valence-electron chi connectivity index (χ0n) is 9.76. The van der Waals surface area contributed by atoms with Crippen LogP contribution in [0.15, 0.2) is 23.6 Å². The quantitative estimate of drug-likeness (QED) is 0.889. The lowest BCUT2D eigenvalue weighted by molar-refractivity contribution is 0.186. The number of methoxy groups -OCH3 is 1. The molecule has 0 amide bonds. The van der Waals surface area contributed by atoms with E-state index < -0.39 is 11.9 Å². The van der Waals surface area contributed by atoms with Gasteiger partial charge in [0.25, 0.3) is 0 Å². The fourth-order valence-corrected chi connectivity index (χ4v) is 2.33. The lowest BCUT2D eigenvalue weighted by atomic mass is 10.1. The summed E-state index contributed by atoms with van der Waals surface area (Å²) in [7, 11) is 1.41. The first-order chi connectivity index (χ1) is 8.65. The van der Waals surface area contributed by atoms with E-state index in [1.807, 2.05) is 0 Å². The Bertz CT molecular complexity index is 545. The Kier molecular flexibility index (Phi) is 3.90. The Hall–Kier alpha value is -1.50. The normalized spacial score (nSPS) is 12.4. The number of hydrogen-bond donors (Lipinski definition) is 2. The van der Waals surface area contributed by atoms with Crippen LogP contribution in [0.2, 0.25) is 0 Å². The second-order valence-corrected chi connectivity index (χ2v) is 4.56. The predicted octanol–water partition coefficient (Wildman–Crippen LogP) is 1.95. The number of halogens is 1. The van der Waals surface area contributed by atoms with Crippen molar-refractivity contribution in [2.75, 3.05) is 13.7 Å². The molecule has 2 rings (SSSR count). The monoisotopic (exact) mass is 268 g/mol. The molecule has 0 saturated carbocycles. The number of aliphatic hydroxyl groups is 1. The van der Waals surface area contributed by atoms with Crippen LogP contribution in [0, 0.1) is 5.82 Å². The van der Waals surface area contributed by atoms with Gasteiger partial charge in [0, 0.05) is 17.5 Å². The molecule has 0 radical (unpaired) electrons. The molecule has 0 aliphatic carbocycles. The van der Waals surface area contributed by atoms with E-state index in [2.05, 4.69) is 4.98 Å². The summed E-state index contributed by atoms with van der Waals surface area (Å²) in [4.78, 5) is 4.23. The highest BCUT2D eigenvalue weighted by molar-refractivity contribution is 7.10. The summed E-state index contributed by atoms with van der Waals surface area (Å²) >= 11 is 1.30. The van der Waals surface area contributed by atoms with Crippen LogP contribution in [0.1, 0.15) is 11.1 Å². The number of nitrogens with two attached hydrogens (primary N) is 1. The van der Waals surface area contributed by atoms with Crippen LogP contribution in [-0.4, -0.2) is 23.7 Å². The molecule has 1 aromatic heterocycles. The maximum atomic E-state index is 13.5. The van der Waals surface area contributed by atoms with Gasteiger partial charge in [-0.15, -0.1) is 11.3 Å². The first kappa shape index (κ1) is 12.9. The Labute approximate surface area is 108 Å². The molecule has 0 aliphatic rings. The highest BCUT2D eigenvalue weighted by Gasteiger charge is 2.12. The smallest absolute Gasteiger partial charge is 0.165 e. The van der Waals surface area contributed by atoms with E-state index in [-0.39, 0.29) is 12.3 Å². The van der Waals surface area contributed by atoms with E-state index in [4.69, 9.17) is 10.5 Å². The molecule has 0 fully saturated rings. The largest absolute Gasteiger partial charge is 0.494 e. The molecule has 3 N–H and O–H groups in total. The van der Waals surface area contributed by atoms with Gasteiger partial charge in [-0.2, -0.15) is 0 Å². The Morgan fingerprint density at radius 2 is 2.33 bits per heavy atom. The van der Waals surface area contributed by atoms with Crippen molar-refractivity contribution in [3.63, 3.8) is 0 Å². The third-order valence-electron chi connectivity index (χ3n) is 2.48. The van der Waals surface area contributed by atoms with Crippen molar-refractivity contribution in [2.45, 2.75) is 6.10 Å². The van der Waals surface area contributed by atoms with Crippen LogP contribution < -0.4 is 10.5 Å². The SMILES string of the molecule is COc1ccc(-c2csc(C(O)CN)n2)cc1F. The topological polar surface area (TPSA) is 68.4 Å². The van der Waals surface area contributed by atoms with E-state index in [1.165, 1.54) is 24.5 Å². The summed E-state index contributed by atoms with van der Waals surface area (Å²) < 4.78 is 18.4. The zero-order valence-corrected chi connectivity index (χ0v) is 10.6. The van der Waals surface area contributed by atoms with Gasteiger partial charge in [-0.05, 0) is 18.2 Å². The predicted molar refractivity (Wildman–Crippen MR) is 68.1 cm³/mol. The molecular formula is C12H13FN2O2S. The van der Waals surface area contributed by atoms with E-state index in [1.54, 1.807) is 17.5 Å². The zero-order chi connectivity index (χ0) is 13.1. The van der Waals surface area contributed by atoms with Gasteiger partial charge in [0.05, 0.1) is 12.8 Å². The minimum Gasteiger partial charge on any atom is -0.494 e. The molecule has 0 aliphatic heterocycles. The third-order valence-corrected chi connectivity index (χ3v) is 3.42. The van der Waals surface area contributed by atoms with Crippen molar-refractivity contribution in [1.82, 2.24) is 4.98 Å². The van der Waals surface area contributed by atoms with Gasteiger partial charge in [-0.1, -0.05) is 0 Å². The number of nitrogens with zero attached hydrogens (tertiary/aromatic N) is 1. The number of benzene rings is 1. The molecular weight excluding hydrogens is 255 g/mol. The summed E-state index contributed by atoms with van der Waals surface area (Å²) in [6.07, 6.45) is -0.771. The maximum absolute atomic E-state index is 13.5. The molecule has 1 atom stereocenters. The van der Waals surface area contributed by atoms with Crippen LogP contribution in [0.25, 0.3) is 11.3 Å². The van der Waals surface area contributed by atoms with Crippen molar-refractivity contribution >= 4 is 11.3 Å². The Balaban J connectivity index is 2.31. The second kappa shape index (κ2) is 5.43. The van der Waals surface area contributed by atoms with Crippen molar-refractivity contribution < 1.29 is 14.2 Å². The number of aromatic nitrogens is 1. The van der Waals surface area contributed by atoms with E-state index in [9.17, 15) is 9.50 Å². The fourth-order valence-electron chi connectivity index (χ4n) is 1.50. The second-order valence-electron chi connectivity index (χ2n) is 3.67. The van der Waals surface area contributed by atoms with Crippen molar-refractivity contribution in [3.8, 4) is 17.0 Å². The molecule has 1 unspecified atom stereocenters. The van der Waals surface area contributed by atoms with Gasteiger partial charge in [0.15, 0.2) is 11.6 Å². The van der Waals surface area contributed by atoms with Gasteiger partial charge in [-0.25, -0.2) is 9.37 Å². The molecule has 18 heavy (non-hydrogen) atoms. The summed E-state index contributed by atoms with van der Waals surface area (Å²) in [5.74, 6) is -0.250. The summed E-state index contributed by atoms with van der Waals surface area (Å²) in [6, 6.07) is 4.62. The molecule has 1 heterocycles. The molecule has 0 saturated heterocycles. The summed E-state index contributed by atoms with van der Waals surface area (Å²) in [5.41, 5.74) is 6.61. The Morgan fingerprint density at radius 3 is 2.94 bits per heavy atom. The van der Waals surface area contributed by atoms with E-state index >= 15 is 0 Å². The average Bonchev–Trinajstić information content (AvgIpc) is 2.87. The fraction of sp³-hybridized carbons (Fsp3) is 0.250. The lowest BCUT2D eigenvalue weighted by Gasteiger charge is -2.04. The third kappa shape index (κ3) is 2.50. The van der Waals surface area contributed by atoms with Crippen LogP contribution >= 0.6 is 11.3 Å². The average molecular weight is 268 g/mol. The minimum atomic E-state index is -0.771. The Morgan fingerprint density at radius 1 is 1.56 bits per heavy atom. The summed E-state index contributed by atoms with van der Waals surface area (Å²) in [6.45, 7) is 0.115. The van der Waals surface area contributed by atoms with E-state index in [0.717, 1.165) is 0 Å². The highest BCUT2D eigenvalue weighted by atomic mass is 32.1. The van der Waals surface area contributed by atoms with Gasteiger partial charge >= 0.3 is 0 Å². The molecule has 0 spiro atoms. The molecule has 6 heteroatoms. The summed E-state index contributed by atoms with van der Waals surface area (Å²) in [5, 5.41) is 11.8. The number of aliphatic hydroxyl groups excluding tert-OH is 1. The van der Waals surface area contributed by atoms with Gasteiger partial charge in [0.1, 0.15) is 11.1 Å². The molecule has 2 aromatic rings. The minimum absolute atomic E-state index is 0.115. The standard InChI is InChI=1S/C12H13FN2O2S/c1-17-11-3-2-7(4-8(11)13)9-6-18-12(15-9)10(16)5-14/h2-4,6,10,16H,5,14H2,1H3. The van der Waals surface area contributed by atoms with Gasteiger partial charge in [-0.3, -0.25) is 0 Å². The van der Waals surface area contributed by atoms with Crippen molar-refractivity contribution in [2.24, 2.45) is 5.73 Å². The van der Waals surface area contributed by atoms with E-state index in [0.29, 0.717) is 16.3 Å². The first-order valence-electron chi connectivity index (χ1n) is 5.33. The maximum Gasteiger partial charge on any atom is 0.165 e. The molecule has 0 bridgehead atoms. The van der Waals surface area contributed by atoms with Crippen LogP contribution in [0.4, 0.5) is 4.39 Å². The molecule has 1 aromatic carbocycles. The highest BCUT2D eigenvalue weighted by Crippen LogP contribution is 2.28. The lowest BCUT2D eigenvalue weighted by Crippen LogP contribution is -2.11. The molecule has 4 nitrogen and oxygen atoms in total.